The van der Waals surface area contributed by atoms with Crippen LogP contribution in [-0.4, -0.2) is 25.4 Å². The lowest BCUT2D eigenvalue weighted by Gasteiger charge is -2.02. The zero-order valence-electron chi connectivity index (χ0n) is 9.21. The highest BCUT2D eigenvalue weighted by Crippen LogP contribution is 2.13. The highest BCUT2D eigenvalue weighted by atomic mass is 16.4. The Hall–Kier alpha value is -1.91. The van der Waals surface area contributed by atoms with E-state index in [4.69, 9.17) is 5.11 Å². The van der Waals surface area contributed by atoms with Gasteiger partial charge in [-0.3, -0.25) is 9.20 Å². The average Bonchev–Trinajstić information content (AvgIpc) is 2.56. The maximum Gasteiger partial charge on any atom is 0.309 e. The summed E-state index contributed by atoms with van der Waals surface area (Å²) in [7, 11) is 0. The molecule has 0 radical (unpaired) electrons. The molecule has 0 aromatic carbocycles. The van der Waals surface area contributed by atoms with Crippen LogP contribution >= 0.6 is 0 Å². The number of aliphatic carboxylic acids is 1. The Labute approximate surface area is 92.8 Å². The summed E-state index contributed by atoms with van der Waals surface area (Å²) in [6.45, 7) is 4.11. The molecule has 0 unspecified atom stereocenters. The highest BCUT2D eigenvalue weighted by molar-refractivity contribution is 5.69. The topological polar surface area (TPSA) is 67.5 Å². The number of carboxylic acids is 1. The number of imidazole rings is 1. The minimum atomic E-state index is -0.875. The van der Waals surface area contributed by atoms with Crippen LogP contribution in [0.4, 0.5) is 0 Å². The fraction of sp³-hybridized carbons (Fsp3) is 0.364. The van der Waals surface area contributed by atoms with Crippen LogP contribution < -0.4 is 0 Å². The average molecular weight is 219 g/mol. The summed E-state index contributed by atoms with van der Waals surface area (Å²) < 4.78 is 1.74. The summed E-state index contributed by atoms with van der Waals surface area (Å²) in [6, 6.07) is 1.88. The van der Waals surface area contributed by atoms with E-state index >= 15 is 0 Å². The molecular formula is C11H13N3O2. The monoisotopic (exact) mass is 219 g/mol. The number of nitrogens with zero attached hydrogens (tertiary/aromatic N) is 3. The minimum Gasteiger partial charge on any atom is -0.481 e. The molecule has 5 nitrogen and oxygen atoms in total. The Morgan fingerprint density at radius 3 is 2.94 bits per heavy atom. The first-order chi connectivity index (χ1) is 7.56. The number of hydrogen-bond acceptors (Lipinski definition) is 3. The normalized spacial score (nSPS) is 11.2. The van der Waals surface area contributed by atoms with Gasteiger partial charge in [0.1, 0.15) is 12.0 Å². The first kappa shape index (κ1) is 10.6. The van der Waals surface area contributed by atoms with Gasteiger partial charge in [0.2, 0.25) is 0 Å². The number of fused-ring (bicyclic) bond motifs is 1. The van der Waals surface area contributed by atoms with E-state index in [0.29, 0.717) is 11.6 Å². The molecule has 0 aliphatic rings. The molecule has 0 aliphatic heterocycles. The van der Waals surface area contributed by atoms with Crippen LogP contribution in [0.5, 0.6) is 0 Å². The van der Waals surface area contributed by atoms with Gasteiger partial charge in [0.15, 0.2) is 0 Å². The van der Waals surface area contributed by atoms with E-state index < -0.39 is 5.97 Å². The van der Waals surface area contributed by atoms with Crippen LogP contribution in [0.2, 0.25) is 0 Å². The second-order valence-electron chi connectivity index (χ2n) is 4.04. The molecule has 2 aromatic rings. The molecule has 5 heteroatoms. The molecule has 2 heterocycles. The Kier molecular flexibility index (Phi) is 2.60. The minimum absolute atomic E-state index is 0.0569. The van der Waals surface area contributed by atoms with E-state index in [0.717, 1.165) is 11.3 Å². The first-order valence-corrected chi connectivity index (χ1v) is 5.11. The van der Waals surface area contributed by atoms with Crippen molar-refractivity contribution in [3.8, 4) is 0 Å². The molecule has 0 saturated carbocycles. The van der Waals surface area contributed by atoms with Crippen molar-refractivity contribution < 1.29 is 9.90 Å². The molecule has 0 saturated heterocycles. The summed E-state index contributed by atoms with van der Waals surface area (Å²) in [4.78, 5) is 19.1. The summed E-state index contributed by atoms with van der Waals surface area (Å²) in [5.41, 5.74) is 2.25. The number of rotatable bonds is 3. The maximum atomic E-state index is 10.6. The van der Waals surface area contributed by atoms with Crippen molar-refractivity contribution in [2.24, 2.45) is 0 Å². The van der Waals surface area contributed by atoms with Gasteiger partial charge in [-0.1, -0.05) is 13.8 Å². The molecule has 0 aliphatic carbocycles. The third-order valence-electron chi connectivity index (χ3n) is 2.34. The smallest absolute Gasteiger partial charge is 0.309 e. The Morgan fingerprint density at radius 1 is 1.56 bits per heavy atom. The van der Waals surface area contributed by atoms with Gasteiger partial charge in [-0.05, 0) is 5.92 Å². The van der Waals surface area contributed by atoms with Gasteiger partial charge < -0.3 is 5.11 Å². The number of carboxylic acid groups (broad SMARTS) is 1. The van der Waals surface area contributed by atoms with Gasteiger partial charge in [-0.15, -0.1) is 0 Å². The van der Waals surface area contributed by atoms with Crippen molar-refractivity contribution in [3.63, 3.8) is 0 Å². The van der Waals surface area contributed by atoms with Crippen LogP contribution in [-0.2, 0) is 11.2 Å². The lowest BCUT2D eigenvalue weighted by atomic mass is 10.1. The fourth-order valence-corrected chi connectivity index (χ4v) is 1.51. The first-order valence-electron chi connectivity index (χ1n) is 5.11. The van der Waals surface area contributed by atoms with Crippen molar-refractivity contribution in [1.82, 2.24) is 14.4 Å². The van der Waals surface area contributed by atoms with Crippen LogP contribution in [0.15, 0.2) is 18.6 Å². The molecule has 2 aromatic heterocycles. The predicted molar refractivity (Wildman–Crippen MR) is 58.4 cm³/mol. The molecular weight excluding hydrogens is 206 g/mol. The number of aromatic nitrogens is 3. The third kappa shape index (κ3) is 2.03. The molecule has 84 valence electrons. The molecule has 2 rings (SSSR count). The van der Waals surface area contributed by atoms with Crippen LogP contribution in [0.25, 0.3) is 5.65 Å². The fourth-order valence-electron chi connectivity index (χ4n) is 1.51. The second kappa shape index (κ2) is 3.92. The largest absolute Gasteiger partial charge is 0.481 e. The Bertz CT molecular complexity index is 531. The van der Waals surface area contributed by atoms with Gasteiger partial charge in [0.05, 0.1) is 12.1 Å². The molecule has 0 fully saturated rings. The summed E-state index contributed by atoms with van der Waals surface area (Å²) in [5.74, 6) is -0.537. The quantitative estimate of drug-likeness (QED) is 0.849. The molecule has 1 N–H and O–H groups in total. The molecule has 16 heavy (non-hydrogen) atoms. The number of hydrogen-bond donors (Lipinski definition) is 1. The van der Waals surface area contributed by atoms with E-state index in [1.54, 1.807) is 16.9 Å². The van der Waals surface area contributed by atoms with Crippen molar-refractivity contribution >= 4 is 11.6 Å². The van der Waals surface area contributed by atoms with E-state index in [1.165, 1.54) is 0 Å². The van der Waals surface area contributed by atoms with Gasteiger partial charge in [0.25, 0.3) is 0 Å². The van der Waals surface area contributed by atoms with Crippen molar-refractivity contribution in [3.05, 3.63) is 30.0 Å². The summed E-state index contributed by atoms with van der Waals surface area (Å²) >= 11 is 0. The Balaban J connectivity index is 2.41. The van der Waals surface area contributed by atoms with Gasteiger partial charge in [-0.25, -0.2) is 9.97 Å². The molecule has 0 bridgehead atoms. The zero-order chi connectivity index (χ0) is 11.7. The lowest BCUT2D eigenvalue weighted by molar-refractivity contribution is -0.136. The van der Waals surface area contributed by atoms with Crippen molar-refractivity contribution in [2.75, 3.05) is 0 Å². The lowest BCUT2D eigenvalue weighted by Crippen LogP contribution is -1.99. The second-order valence-corrected chi connectivity index (χ2v) is 4.04. The third-order valence-corrected chi connectivity index (χ3v) is 2.34. The van der Waals surface area contributed by atoms with Crippen LogP contribution in [0.1, 0.15) is 31.2 Å². The maximum absolute atomic E-state index is 10.6. The van der Waals surface area contributed by atoms with E-state index in [2.05, 4.69) is 23.8 Å². The van der Waals surface area contributed by atoms with Crippen LogP contribution in [0, 0.1) is 0 Å². The van der Waals surface area contributed by atoms with Gasteiger partial charge in [-0.2, -0.15) is 0 Å². The van der Waals surface area contributed by atoms with E-state index in [1.807, 2.05) is 6.07 Å². The number of carbonyl (C=O) groups is 1. The van der Waals surface area contributed by atoms with Gasteiger partial charge in [0, 0.05) is 18.0 Å². The van der Waals surface area contributed by atoms with Crippen molar-refractivity contribution in [2.45, 2.75) is 26.2 Å². The summed E-state index contributed by atoms with van der Waals surface area (Å²) in [5, 5.41) is 8.67. The van der Waals surface area contributed by atoms with Crippen molar-refractivity contribution in [1.29, 1.82) is 0 Å². The standard InChI is InChI=1S/C11H13N3O2/c1-7(2)9-4-10-13-8(3-11(15)16)5-14(10)6-12-9/h4-7H,3H2,1-2H3,(H,15,16). The predicted octanol–water partition coefficient (Wildman–Crippen LogP) is 1.48. The van der Waals surface area contributed by atoms with E-state index in [-0.39, 0.29) is 6.42 Å². The molecule has 0 spiro atoms. The van der Waals surface area contributed by atoms with Gasteiger partial charge >= 0.3 is 5.97 Å². The molecule has 0 atom stereocenters. The Morgan fingerprint density at radius 2 is 2.31 bits per heavy atom. The van der Waals surface area contributed by atoms with Crippen LogP contribution in [0.3, 0.4) is 0 Å². The highest BCUT2D eigenvalue weighted by Gasteiger charge is 2.08. The molecule has 0 amide bonds. The summed E-state index contributed by atoms with van der Waals surface area (Å²) in [6.07, 6.45) is 3.31. The zero-order valence-corrected chi connectivity index (χ0v) is 9.21. The van der Waals surface area contributed by atoms with E-state index in [9.17, 15) is 4.79 Å². The SMILES string of the molecule is CC(C)c1cc2nc(CC(=O)O)cn2cn1.